The van der Waals surface area contributed by atoms with Gasteiger partial charge in [0, 0.05) is 12.1 Å². The molecule has 0 saturated carbocycles. The lowest BCUT2D eigenvalue weighted by Crippen LogP contribution is -2.11. The van der Waals surface area contributed by atoms with E-state index in [0.717, 1.165) is 6.07 Å². The monoisotopic (exact) mass is 233 g/mol. The molecule has 0 saturated heterocycles. The van der Waals surface area contributed by atoms with Gasteiger partial charge in [0.1, 0.15) is 0 Å². The van der Waals surface area contributed by atoms with Crippen molar-refractivity contribution in [2.45, 2.75) is 0 Å². The Labute approximate surface area is 94.2 Å². The van der Waals surface area contributed by atoms with E-state index >= 15 is 0 Å². The molecule has 0 aliphatic rings. The number of benzene rings is 1. The van der Waals surface area contributed by atoms with Crippen molar-refractivity contribution in [1.29, 1.82) is 0 Å². The van der Waals surface area contributed by atoms with Gasteiger partial charge < -0.3 is 10.1 Å². The second-order valence-corrected chi connectivity index (χ2v) is 3.32. The van der Waals surface area contributed by atoms with Gasteiger partial charge in [-0.05, 0) is 6.07 Å². The molecule has 2 N–H and O–H groups in total. The minimum absolute atomic E-state index is 0.0589. The average molecular weight is 233 g/mol. The highest BCUT2D eigenvalue weighted by atomic mass is 16.6. The number of nitro groups is 1. The Morgan fingerprint density at radius 1 is 1.53 bits per heavy atom. The highest BCUT2D eigenvalue weighted by Gasteiger charge is 2.11. The van der Waals surface area contributed by atoms with Crippen LogP contribution in [0.1, 0.15) is 5.82 Å². The number of fused-ring (bicyclic) bond motifs is 1. The van der Waals surface area contributed by atoms with Crippen molar-refractivity contribution < 1.29 is 10.0 Å². The van der Waals surface area contributed by atoms with E-state index in [4.69, 9.17) is 5.11 Å². The predicted molar refractivity (Wildman–Crippen MR) is 60.7 cm³/mol. The van der Waals surface area contributed by atoms with Gasteiger partial charge in [-0.3, -0.25) is 14.9 Å². The summed E-state index contributed by atoms with van der Waals surface area (Å²) in [5.41, 5.74) is -0.506. The first-order valence-corrected chi connectivity index (χ1v) is 4.56. The number of hydrogen-bond acceptors (Lipinski definition) is 5. The van der Waals surface area contributed by atoms with Crippen LogP contribution in [0.25, 0.3) is 16.7 Å². The minimum atomic E-state index is -0.599. The Morgan fingerprint density at radius 3 is 2.82 bits per heavy atom. The SMILES string of the molecule is C=C(O)c1nc2ccc([N+](=O)[O-])cc2c(=O)[nH]1. The summed E-state index contributed by atoms with van der Waals surface area (Å²) in [5, 5.41) is 19.8. The van der Waals surface area contributed by atoms with Crippen LogP contribution < -0.4 is 5.56 Å². The van der Waals surface area contributed by atoms with Crippen LogP contribution >= 0.6 is 0 Å². The van der Waals surface area contributed by atoms with Gasteiger partial charge in [-0.2, -0.15) is 0 Å². The maximum atomic E-state index is 11.6. The van der Waals surface area contributed by atoms with E-state index in [9.17, 15) is 14.9 Å². The zero-order valence-corrected chi connectivity index (χ0v) is 8.51. The van der Waals surface area contributed by atoms with Crippen molar-refractivity contribution in [3.63, 3.8) is 0 Å². The Morgan fingerprint density at radius 2 is 2.24 bits per heavy atom. The van der Waals surface area contributed by atoms with Gasteiger partial charge in [-0.15, -0.1) is 0 Å². The first kappa shape index (κ1) is 10.8. The van der Waals surface area contributed by atoms with Gasteiger partial charge in [-0.25, -0.2) is 4.98 Å². The molecular weight excluding hydrogens is 226 g/mol. The number of nitrogens with one attached hydrogen (secondary N) is 1. The van der Waals surface area contributed by atoms with Gasteiger partial charge in [0.25, 0.3) is 11.2 Å². The average Bonchev–Trinajstić information content (AvgIpc) is 2.28. The zero-order valence-electron chi connectivity index (χ0n) is 8.51. The summed E-state index contributed by atoms with van der Waals surface area (Å²) in [7, 11) is 0. The second kappa shape index (κ2) is 3.71. The van der Waals surface area contributed by atoms with Crippen molar-refractivity contribution in [2.75, 3.05) is 0 Å². The van der Waals surface area contributed by atoms with Crippen LogP contribution in [0, 0.1) is 10.1 Å². The highest BCUT2D eigenvalue weighted by Crippen LogP contribution is 2.17. The number of non-ortho nitro benzene ring substituents is 1. The Balaban J connectivity index is 2.77. The third-order valence-electron chi connectivity index (χ3n) is 2.17. The van der Waals surface area contributed by atoms with Crippen LogP contribution in [0.15, 0.2) is 29.6 Å². The molecule has 0 aliphatic carbocycles. The van der Waals surface area contributed by atoms with E-state index in [1.807, 2.05) is 0 Å². The van der Waals surface area contributed by atoms with E-state index in [0.29, 0.717) is 0 Å². The van der Waals surface area contributed by atoms with E-state index < -0.39 is 10.5 Å². The molecule has 1 aromatic carbocycles. The van der Waals surface area contributed by atoms with Gasteiger partial charge in [0.2, 0.25) is 0 Å². The topological polar surface area (TPSA) is 109 Å². The maximum Gasteiger partial charge on any atom is 0.270 e. The van der Waals surface area contributed by atoms with Crippen molar-refractivity contribution in [3.05, 3.63) is 51.1 Å². The van der Waals surface area contributed by atoms with E-state index in [1.54, 1.807) is 0 Å². The van der Waals surface area contributed by atoms with Crippen LogP contribution in [-0.2, 0) is 0 Å². The number of aromatic nitrogens is 2. The summed E-state index contributed by atoms with van der Waals surface area (Å²) in [6, 6.07) is 3.71. The lowest BCUT2D eigenvalue weighted by atomic mass is 10.2. The number of hydrogen-bond donors (Lipinski definition) is 2. The quantitative estimate of drug-likeness (QED) is 0.462. The van der Waals surface area contributed by atoms with E-state index in [2.05, 4.69) is 16.5 Å². The molecule has 2 aromatic rings. The smallest absolute Gasteiger partial charge is 0.270 e. The summed E-state index contributed by atoms with van der Waals surface area (Å²) < 4.78 is 0. The summed E-state index contributed by atoms with van der Waals surface area (Å²) in [4.78, 5) is 27.7. The summed E-state index contributed by atoms with van der Waals surface area (Å²) in [5.74, 6) is -0.432. The molecule has 0 radical (unpaired) electrons. The number of nitro benzene ring substituents is 1. The van der Waals surface area contributed by atoms with Crippen LogP contribution in [0.2, 0.25) is 0 Å². The molecule has 1 aromatic heterocycles. The third kappa shape index (κ3) is 1.85. The predicted octanol–water partition coefficient (Wildman–Crippen LogP) is 1.36. The third-order valence-corrected chi connectivity index (χ3v) is 2.17. The van der Waals surface area contributed by atoms with E-state index in [-0.39, 0.29) is 28.2 Å². The van der Waals surface area contributed by atoms with E-state index in [1.165, 1.54) is 12.1 Å². The van der Waals surface area contributed by atoms with Gasteiger partial charge in [0.15, 0.2) is 11.6 Å². The number of aromatic amines is 1. The van der Waals surface area contributed by atoms with Crippen molar-refractivity contribution in [1.82, 2.24) is 9.97 Å². The minimum Gasteiger partial charge on any atom is -0.505 e. The molecule has 2 rings (SSSR count). The first-order valence-electron chi connectivity index (χ1n) is 4.56. The fourth-order valence-corrected chi connectivity index (χ4v) is 1.38. The van der Waals surface area contributed by atoms with Gasteiger partial charge in [-0.1, -0.05) is 6.58 Å². The summed E-state index contributed by atoms with van der Waals surface area (Å²) in [6.07, 6.45) is 0. The van der Waals surface area contributed by atoms with Gasteiger partial charge >= 0.3 is 0 Å². The maximum absolute atomic E-state index is 11.6. The number of aliphatic hydroxyl groups is 1. The Hall–Kier alpha value is -2.70. The largest absolute Gasteiger partial charge is 0.505 e. The molecule has 0 amide bonds. The summed E-state index contributed by atoms with van der Waals surface area (Å²) in [6.45, 7) is 3.23. The van der Waals surface area contributed by atoms with Gasteiger partial charge in [0.05, 0.1) is 15.8 Å². The molecule has 7 heteroatoms. The molecule has 0 spiro atoms. The number of nitrogens with zero attached hydrogens (tertiary/aromatic N) is 2. The highest BCUT2D eigenvalue weighted by molar-refractivity contribution is 5.80. The molecule has 0 aliphatic heterocycles. The van der Waals surface area contributed by atoms with Crippen LogP contribution in [0.5, 0.6) is 0 Å². The zero-order chi connectivity index (χ0) is 12.6. The number of H-pyrrole nitrogens is 1. The fraction of sp³-hybridized carbons (Fsp3) is 0. The first-order chi connectivity index (χ1) is 7.99. The molecule has 1 heterocycles. The Kier molecular flexibility index (Phi) is 2.36. The van der Waals surface area contributed by atoms with Crippen LogP contribution in [0.4, 0.5) is 5.69 Å². The lowest BCUT2D eigenvalue weighted by molar-refractivity contribution is -0.384. The summed E-state index contributed by atoms with van der Waals surface area (Å²) >= 11 is 0. The van der Waals surface area contributed by atoms with Crippen molar-refractivity contribution in [3.8, 4) is 0 Å². The molecule has 0 bridgehead atoms. The van der Waals surface area contributed by atoms with Crippen molar-refractivity contribution >= 4 is 22.3 Å². The molecule has 0 atom stereocenters. The molecule has 7 nitrogen and oxygen atoms in total. The standard InChI is InChI=1S/C10H7N3O4/c1-5(14)9-11-8-3-2-6(13(16)17)4-7(8)10(15)12-9/h2-4,14H,1H2,(H,11,12,15). The molecular formula is C10H7N3O4. The molecule has 0 fully saturated rings. The molecule has 17 heavy (non-hydrogen) atoms. The second-order valence-electron chi connectivity index (χ2n) is 3.32. The lowest BCUT2D eigenvalue weighted by Gasteiger charge is -2.00. The fourth-order valence-electron chi connectivity index (χ4n) is 1.38. The normalized spacial score (nSPS) is 10.4. The van der Waals surface area contributed by atoms with Crippen LogP contribution in [0.3, 0.4) is 0 Å². The molecule has 0 unspecified atom stereocenters. The van der Waals surface area contributed by atoms with Crippen molar-refractivity contribution in [2.24, 2.45) is 0 Å². The number of aliphatic hydroxyl groups excluding tert-OH is 1. The Bertz CT molecular complexity index is 690. The van der Waals surface area contributed by atoms with Crippen LogP contribution in [-0.4, -0.2) is 20.0 Å². The molecule has 86 valence electrons. The number of rotatable bonds is 2.